The normalized spacial score (nSPS) is 15.3. The molecule has 2 aromatic carbocycles. The molecule has 3 aromatic rings. The molecule has 1 saturated heterocycles. The second-order valence-electron chi connectivity index (χ2n) is 7.51. The summed E-state index contributed by atoms with van der Waals surface area (Å²) < 4.78 is 32.9. The lowest BCUT2D eigenvalue weighted by Crippen LogP contribution is -2.43. The lowest BCUT2D eigenvalue weighted by atomic mass is 10.0. The fourth-order valence-electron chi connectivity index (χ4n) is 3.75. The van der Waals surface area contributed by atoms with Crippen molar-refractivity contribution in [2.45, 2.75) is 30.2 Å². The van der Waals surface area contributed by atoms with Crippen LogP contribution < -0.4 is 14.9 Å². The molecule has 0 unspecified atom stereocenters. The smallest absolute Gasteiger partial charge is 0.261 e. The fourth-order valence-corrected chi connectivity index (χ4v) is 4.83. The Labute approximate surface area is 178 Å². The number of nitrogens with zero attached hydrogens (tertiary/aromatic N) is 1. The minimum Gasteiger partial charge on any atom is -0.469 e. The third-order valence-electron chi connectivity index (χ3n) is 5.42. The van der Waals surface area contributed by atoms with Gasteiger partial charge in [-0.2, -0.15) is 0 Å². The molecule has 158 valence electrons. The Hall–Kier alpha value is -2.77. The van der Waals surface area contributed by atoms with Gasteiger partial charge in [0.1, 0.15) is 5.76 Å². The van der Waals surface area contributed by atoms with Crippen molar-refractivity contribution in [2.24, 2.45) is 0 Å². The van der Waals surface area contributed by atoms with E-state index in [4.69, 9.17) is 4.42 Å². The van der Waals surface area contributed by atoms with E-state index >= 15 is 0 Å². The van der Waals surface area contributed by atoms with E-state index in [1.54, 1.807) is 36.6 Å². The van der Waals surface area contributed by atoms with Crippen molar-refractivity contribution >= 4 is 21.4 Å². The maximum atomic E-state index is 12.5. The predicted molar refractivity (Wildman–Crippen MR) is 119 cm³/mol. The predicted octanol–water partition coefficient (Wildman–Crippen LogP) is 3.88. The van der Waals surface area contributed by atoms with Gasteiger partial charge in [-0.05, 0) is 61.4 Å². The molecule has 0 saturated carbocycles. The molecule has 7 heteroatoms. The van der Waals surface area contributed by atoms with Gasteiger partial charge in [-0.3, -0.25) is 4.72 Å². The Kier molecular flexibility index (Phi) is 6.40. The van der Waals surface area contributed by atoms with Crippen LogP contribution in [-0.4, -0.2) is 34.1 Å². The molecule has 0 bridgehead atoms. The van der Waals surface area contributed by atoms with Gasteiger partial charge in [-0.1, -0.05) is 18.2 Å². The van der Waals surface area contributed by atoms with Crippen molar-refractivity contribution in [3.8, 4) is 0 Å². The van der Waals surface area contributed by atoms with Crippen molar-refractivity contribution in [3.63, 3.8) is 0 Å². The zero-order valence-corrected chi connectivity index (χ0v) is 17.6. The molecule has 1 aromatic heterocycles. The molecule has 2 N–H and O–H groups in total. The van der Waals surface area contributed by atoms with Gasteiger partial charge in [-0.15, -0.1) is 0 Å². The maximum absolute atomic E-state index is 12.5. The SMILES string of the molecule is O=S(=O)(Nc1ccc(N2CCC(NCCc3ccco3)CC2)cc1)c1ccccc1. The average molecular weight is 426 g/mol. The molecule has 1 aliphatic rings. The molecule has 1 aliphatic heterocycles. The van der Waals surface area contributed by atoms with E-state index in [0.717, 1.165) is 50.3 Å². The zero-order valence-electron chi connectivity index (χ0n) is 16.8. The summed E-state index contributed by atoms with van der Waals surface area (Å²) in [7, 11) is -3.56. The summed E-state index contributed by atoms with van der Waals surface area (Å²) in [4.78, 5) is 2.61. The van der Waals surface area contributed by atoms with E-state index in [-0.39, 0.29) is 4.90 Å². The van der Waals surface area contributed by atoms with Crippen molar-refractivity contribution in [1.82, 2.24) is 5.32 Å². The van der Waals surface area contributed by atoms with Gasteiger partial charge in [0.05, 0.1) is 11.2 Å². The Morgan fingerprint density at radius 2 is 1.67 bits per heavy atom. The van der Waals surface area contributed by atoms with E-state index in [0.29, 0.717) is 11.7 Å². The van der Waals surface area contributed by atoms with Crippen molar-refractivity contribution in [3.05, 3.63) is 78.8 Å². The van der Waals surface area contributed by atoms with Gasteiger partial charge >= 0.3 is 0 Å². The number of hydrogen-bond acceptors (Lipinski definition) is 5. The summed E-state index contributed by atoms with van der Waals surface area (Å²) in [6.07, 6.45) is 4.79. The highest BCUT2D eigenvalue weighted by Gasteiger charge is 2.19. The minimum atomic E-state index is -3.56. The van der Waals surface area contributed by atoms with Crippen LogP contribution in [0, 0.1) is 0 Å². The van der Waals surface area contributed by atoms with E-state index < -0.39 is 10.0 Å². The number of nitrogens with one attached hydrogen (secondary N) is 2. The Balaban J connectivity index is 1.26. The van der Waals surface area contributed by atoms with Crippen molar-refractivity contribution in [2.75, 3.05) is 29.3 Å². The van der Waals surface area contributed by atoms with Crippen LogP contribution in [0.3, 0.4) is 0 Å². The number of anilines is 2. The molecule has 6 nitrogen and oxygen atoms in total. The Morgan fingerprint density at radius 3 is 2.33 bits per heavy atom. The second kappa shape index (κ2) is 9.36. The molecule has 0 amide bonds. The van der Waals surface area contributed by atoms with Crippen LogP contribution in [-0.2, 0) is 16.4 Å². The first-order valence-corrected chi connectivity index (χ1v) is 11.8. The van der Waals surface area contributed by atoms with E-state index in [1.807, 2.05) is 36.4 Å². The largest absolute Gasteiger partial charge is 0.469 e. The third kappa shape index (κ3) is 5.23. The lowest BCUT2D eigenvalue weighted by molar-refractivity contribution is 0.408. The number of benzene rings is 2. The number of sulfonamides is 1. The van der Waals surface area contributed by atoms with Crippen LogP contribution in [0.5, 0.6) is 0 Å². The monoisotopic (exact) mass is 425 g/mol. The lowest BCUT2D eigenvalue weighted by Gasteiger charge is -2.34. The van der Waals surface area contributed by atoms with Crippen LogP contribution in [0.25, 0.3) is 0 Å². The summed E-state index contributed by atoms with van der Waals surface area (Å²) in [6.45, 7) is 2.88. The van der Waals surface area contributed by atoms with Crippen LogP contribution in [0.1, 0.15) is 18.6 Å². The topological polar surface area (TPSA) is 74.6 Å². The second-order valence-corrected chi connectivity index (χ2v) is 9.19. The molecule has 0 radical (unpaired) electrons. The number of piperidine rings is 1. The third-order valence-corrected chi connectivity index (χ3v) is 6.81. The number of furan rings is 1. The van der Waals surface area contributed by atoms with Crippen LogP contribution >= 0.6 is 0 Å². The van der Waals surface area contributed by atoms with Crippen LogP contribution in [0.15, 0.2) is 82.3 Å². The molecule has 0 aliphatic carbocycles. The average Bonchev–Trinajstić information content (AvgIpc) is 3.29. The molecule has 0 atom stereocenters. The van der Waals surface area contributed by atoms with Gasteiger partial charge in [-0.25, -0.2) is 8.42 Å². The zero-order chi connectivity index (χ0) is 20.8. The van der Waals surface area contributed by atoms with Gasteiger partial charge in [0.2, 0.25) is 0 Å². The number of rotatable bonds is 8. The molecule has 30 heavy (non-hydrogen) atoms. The van der Waals surface area contributed by atoms with Crippen LogP contribution in [0.4, 0.5) is 11.4 Å². The Bertz CT molecular complexity index is 1010. The van der Waals surface area contributed by atoms with Gasteiger partial charge < -0.3 is 14.6 Å². The standard InChI is InChI=1S/C23H27N3O3S/c27-30(28,23-6-2-1-3-7-23)25-20-8-10-21(11-9-20)26-16-13-19(14-17-26)24-15-12-22-5-4-18-29-22/h1-11,18-19,24-25H,12-17H2. The van der Waals surface area contributed by atoms with Gasteiger partial charge in [0, 0.05) is 43.5 Å². The molecular weight excluding hydrogens is 398 g/mol. The first-order valence-electron chi connectivity index (χ1n) is 10.3. The first-order chi connectivity index (χ1) is 14.6. The first kappa shape index (κ1) is 20.5. The minimum absolute atomic E-state index is 0.260. The molecular formula is C23H27N3O3S. The molecule has 2 heterocycles. The quantitative estimate of drug-likeness (QED) is 0.573. The summed E-state index contributed by atoms with van der Waals surface area (Å²) >= 11 is 0. The molecule has 1 fully saturated rings. The molecule has 0 spiro atoms. The highest BCUT2D eigenvalue weighted by Crippen LogP contribution is 2.23. The summed E-state index contributed by atoms with van der Waals surface area (Å²) in [5.41, 5.74) is 1.68. The van der Waals surface area contributed by atoms with Gasteiger partial charge in [0.15, 0.2) is 0 Å². The van der Waals surface area contributed by atoms with E-state index in [9.17, 15) is 8.42 Å². The van der Waals surface area contributed by atoms with Gasteiger partial charge in [0.25, 0.3) is 10.0 Å². The molecule has 4 rings (SSSR count). The van der Waals surface area contributed by atoms with Crippen molar-refractivity contribution < 1.29 is 12.8 Å². The summed E-state index contributed by atoms with van der Waals surface area (Å²) in [5, 5.41) is 3.62. The van der Waals surface area contributed by atoms with Crippen LogP contribution in [0.2, 0.25) is 0 Å². The van der Waals surface area contributed by atoms with Crippen molar-refractivity contribution in [1.29, 1.82) is 0 Å². The van der Waals surface area contributed by atoms with E-state index in [1.165, 1.54) is 0 Å². The summed E-state index contributed by atoms with van der Waals surface area (Å²) in [5.74, 6) is 1.02. The maximum Gasteiger partial charge on any atom is 0.261 e. The number of hydrogen-bond donors (Lipinski definition) is 2. The highest BCUT2D eigenvalue weighted by molar-refractivity contribution is 7.92. The highest BCUT2D eigenvalue weighted by atomic mass is 32.2. The van der Waals surface area contributed by atoms with E-state index in [2.05, 4.69) is 14.9 Å². The fraction of sp³-hybridized carbons (Fsp3) is 0.304. The summed E-state index contributed by atoms with van der Waals surface area (Å²) in [6, 6.07) is 20.5. The Morgan fingerprint density at radius 1 is 0.933 bits per heavy atom.